The number of carbonyl (C=O) groups excluding carboxylic acids is 8. The molecule has 29 heteroatoms. The molecule has 2 heterocycles. The predicted octanol–water partition coefficient (Wildman–Crippen LogP) is 7.01. The summed E-state index contributed by atoms with van der Waals surface area (Å²) in [5, 5.41) is 70.9. The zero-order valence-electron chi connectivity index (χ0n) is 65.8. The van der Waals surface area contributed by atoms with Crippen LogP contribution in [0.5, 0.6) is 5.75 Å². The second-order valence-corrected chi connectivity index (χ2v) is 31.0. The molecule has 0 saturated carbocycles. The number of hydrogen-bond donors (Lipinski definition) is 12. The van der Waals surface area contributed by atoms with Gasteiger partial charge in [-0.1, -0.05) is 127 Å². The fraction of sp³-hybridized carbons (Fsp3) is 0.531. The number of benzene rings is 4. The highest BCUT2D eigenvalue weighted by Crippen LogP contribution is 2.34. The van der Waals surface area contributed by atoms with Gasteiger partial charge in [-0.15, -0.1) is 0 Å². The molecule has 12 N–H and O–H groups in total. The highest BCUT2D eigenvalue weighted by molar-refractivity contribution is 5.97. The minimum atomic E-state index is -2.04. The zero-order valence-corrected chi connectivity index (χ0v) is 65.8. The molecule has 1 fully saturated rings. The number of carboxylic acid groups (broad SMARTS) is 2. The topological polar surface area (TPSA) is 409 Å². The van der Waals surface area contributed by atoms with Crippen LogP contribution in [0.25, 0.3) is 12.2 Å². The van der Waals surface area contributed by atoms with E-state index in [-0.39, 0.29) is 86.1 Å². The number of aliphatic hydroxyl groups excluding tert-OH is 3. The molecule has 0 unspecified atom stereocenters. The van der Waals surface area contributed by atoms with E-state index in [0.29, 0.717) is 43.5 Å². The number of unbranched alkanes of at least 4 members (excludes halogenated alkanes) is 1. The summed E-state index contributed by atoms with van der Waals surface area (Å²) in [4.78, 5) is 138. The number of fused-ring (bicyclic) bond motifs is 2. The summed E-state index contributed by atoms with van der Waals surface area (Å²) < 4.78 is 28.6. The van der Waals surface area contributed by atoms with Crippen LogP contribution in [0.4, 0.5) is 16.2 Å². The molecule has 110 heavy (non-hydrogen) atoms. The third-order valence-corrected chi connectivity index (χ3v) is 19.7. The van der Waals surface area contributed by atoms with E-state index >= 15 is 0 Å². The molecule has 4 aromatic carbocycles. The molecular weight excluding hydrogens is 1420 g/mol. The molecule has 2 aliphatic heterocycles. The molecule has 6 rings (SSSR count). The minimum Gasteiger partial charge on any atom is -0.479 e. The molecule has 0 radical (unpaired) electrons. The predicted molar refractivity (Wildman–Crippen MR) is 413 cm³/mol. The Morgan fingerprint density at radius 1 is 0.700 bits per heavy atom. The first kappa shape index (κ1) is 89.3. The lowest BCUT2D eigenvalue weighted by Gasteiger charge is -2.40. The molecule has 1 saturated heterocycles. The smallest absolute Gasteiger partial charge is 0.411 e. The first-order valence-corrected chi connectivity index (χ1v) is 37.0. The van der Waals surface area contributed by atoms with Crippen LogP contribution in [-0.2, 0) is 87.2 Å². The third-order valence-electron chi connectivity index (χ3n) is 19.7. The van der Waals surface area contributed by atoms with E-state index in [4.69, 9.17) is 23.7 Å². The van der Waals surface area contributed by atoms with Crippen molar-refractivity contribution in [2.45, 2.75) is 226 Å². The SMILES string of the molecule is CN[C@H](C(=O)N[C@H](C(=O)N(C)[C@H](/C=C(\C)C(=O)O)C(C)C)C(C)(C)C)C(C)(C)c1cccc(NC(=O)OCc2ccc(O[C@@H]3O[C@H](C(=O)O)[C@@H](O)[C@H](O)[C@H]3O)c(CNC(=O)CCNC(=O)[C@H](CNC(=O)CCC(C)(C)OCCC(C)(C)OC)NC(=O)CCCCC(=O)N3Cc4ccccc4/C=C\c4ccccc43)c2)c1. The van der Waals surface area contributed by atoms with Crippen LogP contribution in [0, 0.1) is 11.3 Å². The number of aliphatic carboxylic acids is 2. The van der Waals surface area contributed by atoms with Gasteiger partial charge in [0.15, 0.2) is 6.10 Å². The monoisotopic (exact) mass is 1530 g/mol. The summed E-state index contributed by atoms with van der Waals surface area (Å²) in [5.74, 6) is -6.44. The number of hydrogen-bond acceptors (Lipinski definition) is 19. The van der Waals surface area contributed by atoms with Crippen LogP contribution >= 0.6 is 0 Å². The van der Waals surface area contributed by atoms with E-state index < -0.39 is 137 Å². The van der Waals surface area contributed by atoms with Gasteiger partial charge >= 0.3 is 18.0 Å². The zero-order chi connectivity index (χ0) is 81.6. The average Bonchev–Trinajstić information content (AvgIpc) is 0.804. The number of amides is 8. The summed E-state index contributed by atoms with van der Waals surface area (Å²) in [6, 6.07) is 22.5. The van der Waals surface area contributed by atoms with Gasteiger partial charge in [-0.05, 0) is 137 Å². The third kappa shape index (κ3) is 26.0. The molecule has 29 nitrogen and oxygen atoms in total. The fourth-order valence-electron chi connectivity index (χ4n) is 12.6. The van der Waals surface area contributed by atoms with Crippen molar-refractivity contribution in [3.8, 4) is 5.75 Å². The number of carbonyl (C=O) groups is 10. The second-order valence-electron chi connectivity index (χ2n) is 31.0. The van der Waals surface area contributed by atoms with Crippen molar-refractivity contribution in [2.75, 3.05) is 51.1 Å². The van der Waals surface area contributed by atoms with Gasteiger partial charge in [0, 0.05) is 81.7 Å². The number of ether oxygens (including phenoxy) is 5. The van der Waals surface area contributed by atoms with Crippen LogP contribution in [0.15, 0.2) is 103 Å². The number of carboxylic acids is 2. The van der Waals surface area contributed by atoms with Crippen molar-refractivity contribution in [3.63, 3.8) is 0 Å². The van der Waals surface area contributed by atoms with Gasteiger partial charge < -0.3 is 90.9 Å². The van der Waals surface area contributed by atoms with Crippen LogP contribution in [-0.4, -0.2) is 197 Å². The lowest BCUT2D eigenvalue weighted by molar-refractivity contribution is -0.271. The maximum Gasteiger partial charge on any atom is 0.411 e. The number of aliphatic hydroxyl groups is 3. The number of rotatable bonds is 38. The Morgan fingerprint density at radius 3 is 2.03 bits per heavy atom. The molecule has 0 aromatic heterocycles. The Hall–Kier alpha value is -9.62. The number of para-hydroxylation sites is 1. The summed E-state index contributed by atoms with van der Waals surface area (Å²) in [5.41, 5.74) is 2.11. The summed E-state index contributed by atoms with van der Waals surface area (Å²) in [6.07, 6.45) is -4.02. The summed E-state index contributed by atoms with van der Waals surface area (Å²) in [7, 11) is 4.79. The highest BCUT2D eigenvalue weighted by atomic mass is 16.7. The van der Waals surface area contributed by atoms with Gasteiger partial charge in [0.05, 0.1) is 42.1 Å². The Morgan fingerprint density at radius 2 is 1.36 bits per heavy atom. The number of anilines is 2. The van der Waals surface area contributed by atoms with E-state index in [9.17, 15) is 73.5 Å². The van der Waals surface area contributed by atoms with Crippen molar-refractivity contribution < 1.29 is 97.2 Å². The lowest BCUT2D eigenvalue weighted by atomic mass is 9.76. The van der Waals surface area contributed by atoms with Crippen molar-refractivity contribution in [2.24, 2.45) is 11.3 Å². The molecule has 0 spiro atoms. The normalized spacial score (nSPS) is 18.1. The molecule has 2 aliphatic rings. The summed E-state index contributed by atoms with van der Waals surface area (Å²) >= 11 is 0. The van der Waals surface area contributed by atoms with Crippen LogP contribution in [0.3, 0.4) is 0 Å². The minimum absolute atomic E-state index is 0.0184. The maximum absolute atomic E-state index is 14.4. The van der Waals surface area contributed by atoms with E-state index in [2.05, 4.69) is 37.2 Å². The molecular formula is C81H113N9O20. The average molecular weight is 1530 g/mol. The highest BCUT2D eigenvalue weighted by Gasteiger charge is 2.49. The maximum atomic E-state index is 14.4. The van der Waals surface area contributed by atoms with Gasteiger partial charge in [0.1, 0.15) is 42.8 Å². The molecule has 0 aliphatic carbocycles. The number of nitrogens with one attached hydrogen (secondary N) is 7. The van der Waals surface area contributed by atoms with Crippen LogP contribution < -0.4 is 46.9 Å². The van der Waals surface area contributed by atoms with Crippen LogP contribution in [0.1, 0.15) is 168 Å². The summed E-state index contributed by atoms with van der Waals surface area (Å²) in [6.45, 7) is 21.2. The molecule has 602 valence electrons. The van der Waals surface area contributed by atoms with E-state index in [0.717, 1.165) is 22.4 Å². The molecule has 4 aromatic rings. The fourth-order valence-corrected chi connectivity index (χ4v) is 12.6. The Labute approximate surface area is 644 Å². The van der Waals surface area contributed by atoms with Crippen molar-refractivity contribution in [1.82, 2.24) is 36.8 Å². The first-order valence-electron chi connectivity index (χ1n) is 37.0. The van der Waals surface area contributed by atoms with Gasteiger partial charge in [-0.3, -0.25) is 38.9 Å². The Bertz CT molecular complexity index is 3940. The Kier molecular flexibility index (Phi) is 32.8. The number of likely N-dealkylation sites (N-methyl/N-ethyl adjacent to an activating group) is 2. The van der Waals surface area contributed by atoms with Gasteiger partial charge in [-0.2, -0.15) is 0 Å². The molecule has 9 atom stereocenters. The van der Waals surface area contributed by atoms with Gasteiger partial charge in [-0.25, -0.2) is 14.4 Å². The number of nitrogens with zero attached hydrogens (tertiary/aromatic N) is 2. The largest absolute Gasteiger partial charge is 0.479 e. The van der Waals surface area contributed by atoms with Gasteiger partial charge in [0.25, 0.3) is 0 Å². The van der Waals surface area contributed by atoms with Crippen molar-refractivity contribution in [3.05, 3.63) is 136 Å². The van der Waals surface area contributed by atoms with E-state index in [1.807, 2.05) is 137 Å². The Balaban J connectivity index is 1.12. The van der Waals surface area contributed by atoms with Crippen LogP contribution in [0.2, 0.25) is 0 Å². The van der Waals surface area contributed by atoms with E-state index in [1.165, 1.54) is 36.1 Å². The second kappa shape index (κ2) is 40.4. The standard InChI is InChI=1S/C81H113N9O20/c1-48(2)59(41-49(3)74(101)102)89(14)73(100)70(78(4,5)6)88-72(99)69(82-13)81(11,12)55-26-22-27-56(43-55)86-77(105)107-47-50-31-34-60(109-76-67(97)65(95)66(96)68(110-76)75(103)104)54(42-50)44-84-62(92)36-39-83-71(98)57(45-85-61(91)35-37-80(9,10)108-40-38-79(7,8)106-15)87-63(93)29-20-21-30-64(94)90-46-53-25-17-16-23-51(53)32-33-52-24-18-19-28-58(52)90/h16-19,22-28,31-34,41-43,48,57,59,65-70,76,82,95-97H,20-21,29-30,35-40,44-47H2,1-15H3,(H,83,98)(H,84,92)(H,85,91)(H,86,105)(H,87,93)(H,88,99)(H,101,102)(H,103,104)/b33-32-,49-41+/t57-,59+,65-,66-,67+,68-,69+,70+,76+/m0/s1. The first-order chi connectivity index (χ1) is 51.7. The van der Waals surface area contributed by atoms with Crippen molar-refractivity contribution in [1.29, 1.82) is 0 Å². The number of methoxy groups -OCH3 is 1. The van der Waals surface area contributed by atoms with Crippen molar-refractivity contribution >= 4 is 82.9 Å². The lowest BCUT2D eigenvalue weighted by Crippen LogP contribution is -2.61. The van der Waals surface area contributed by atoms with Gasteiger partial charge in [0.2, 0.25) is 47.6 Å². The molecule has 0 bridgehead atoms. The van der Waals surface area contributed by atoms with E-state index in [1.54, 1.807) is 50.4 Å². The molecule has 8 amide bonds. The quantitative estimate of drug-likeness (QED) is 0.0158.